The van der Waals surface area contributed by atoms with Crippen molar-refractivity contribution in [3.05, 3.63) is 0 Å². The molecule has 2 atom stereocenters. The first-order valence-corrected chi connectivity index (χ1v) is 5.00. The van der Waals surface area contributed by atoms with E-state index in [2.05, 4.69) is 0 Å². The SMILES string of the molecule is O=C(O)C(CN1CCCC(O)C1)C(F)(F)F. The van der Waals surface area contributed by atoms with E-state index in [0.29, 0.717) is 19.4 Å². The molecular weight excluding hydrogens is 227 g/mol. The van der Waals surface area contributed by atoms with Gasteiger partial charge < -0.3 is 10.2 Å². The van der Waals surface area contributed by atoms with Gasteiger partial charge in [0.05, 0.1) is 6.10 Å². The smallest absolute Gasteiger partial charge is 0.403 e. The third-order valence-electron chi connectivity index (χ3n) is 2.61. The highest BCUT2D eigenvalue weighted by Gasteiger charge is 2.46. The summed E-state index contributed by atoms with van der Waals surface area (Å²) in [6.07, 6.45) is -4.25. The number of hydrogen-bond donors (Lipinski definition) is 2. The number of β-amino-alcohol motifs (C(OH)–C–C–N with tert-alkyl or cyclic N) is 1. The van der Waals surface area contributed by atoms with Gasteiger partial charge in [0.2, 0.25) is 0 Å². The number of carboxylic acids is 1. The summed E-state index contributed by atoms with van der Waals surface area (Å²) in [5, 5.41) is 17.8. The van der Waals surface area contributed by atoms with Crippen molar-refractivity contribution in [3.63, 3.8) is 0 Å². The lowest BCUT2D eigenvalue weighted by Crippen LogP contribution is -2.46. The Morgan fingerprint density at radius 3 is 2.56 bits per heavy atom. The number of alkyl halides is 3. The van der Waals surface area contributed by atoms with Crippen LogP contribution in [-0.2, 0) is 4.79 Å². The van der Waals surface area contributed by atoms with Crippen LogP contribution in [0.1, 0.15) is 12.8 Å². The van der Waals surface area contributed by atoms with Crippen LogP contribution in [0.3, 0.4) is 0 Å². The molecule has 1 fully saturated rings. The van der Waals surface area contributed by atoms with Crippen LogP contribution < -0.4 is 0 Å². The van der Waals surface area contributed by atoms with Gasteiger partial charge in [-0.05, 0) is 19.4 Å². The number of likely N-dealkylation sites (tertiary alicyclic amines) is 1. The Morgan fingerprint density at radius 1 is 1.50 bits per heavy atom. The minimum Gasteiger partial charge on any atom is -0.481 e. The van der Waals surface area contributed by atoms with Gasteiger partial charge in [-0.3, -0.25) is 9.69 Å². The molecule has 0 saturated carbocycles. The molecule has 0 amide bonds. The maximum atomic E-state index is 12.4. The maximum absolute atomic E-state index is 12.4. The summed E-state index contributed by atoms with van der Waals surface area (Å²) in [7, 11) is 0. The molecule has 1 heterocycles. The van der Waals surface area contributed by atoms with Gasteiger partial charge in [-0.1, -0.05) is 0 Å². The molecule has 0 bridgehead atoms. The quantitative estimate of drug-likeness (QED) is 0.763. The van der Waals surface area contributed by atoms with Gasteiger partial charge in [0.15, 0.2) is 5.92 Å². The molecule has 0 aromatic heterocycles. The molecule has 16 heavy (non-hydrogen) atoms. The Morgan fingerprint density at radius 2 is 2.12 bits per heavy atom. The molecular formula is C9H14F3NO3. The summed E-state index contributed by atoms with van der Waals surface area (Å²) in [5.41, 5.74) is 0. The van der Waals surface area contributed by atoms with Crippen LogP contribution in [0.15, 0.2) is 0 Å². The van der Waals surface area contributed by atoms with E-state index in [4.69, 9.17) is 5.11 Å². The zero-order valence-electron chi connectivity index (χ0n) is 8.57. The van der Waals surface area contributed by atoms with E-state index in [-0.39, 0.29) is 6.54 Å². The van der Waals surface area contributed by atoms with Gasteiger partial charge in [0.1, 0.15) is 0 Å². The zero-order valence-corrected chi connectivity index (χ0v) is 8.57. The van der Waals surface area contributed by atoms with Gasteiger partial charge >= 0.3 is 12.1 Å². The van der Waals surface area contributed by atoms with E-state index >= 15 is 0 Å². The third kappa shape index (κ3) is 3.64. The lowest BCUT2D eigenvalue weighted by molar-refractivity contribution is -0.197. The topological polar surface area (TPSA) is 60.8 Å². The number of aliphatic carboxylic acids is 1. The lowest BCUT2D eigenvalue weighted by Gasteiger charge is -2.32. The second-order valence-electron chi connectivity index (χ2n) is 3.99. The highest BCUT2D eigenvalue weighted by atomic mass is 19.4. The summed E-state index contributed by atoms with van der Waals surface area (Å²) in [5.74, 6) is -4.25. The van der Waals surface area contributed by atoms with E-state index in [9.17, 15) is 23.1 Å². The first-order chi connectivity index (χ1) is 7.30. The highest BCUT2D eigenvalue weighted by Crippen LogP contribution is 2.28. The predicted octanol–water partition coefficient (Wildman–Crippen LogP) is 0.706. The average molecular weight is 241 g/mol. The van der Waals surface area contributed by atoms with Crippen LogP contribution in [0.25, 0.3) is 0 Å². The first-order valence-electron chi connectivity index (χ1n) is 5.00. The van der Waals surface area contributed by atoms with E-state index in [0.717, 1.165) is 0 Å². The van der Waals surface area contributed by atoms with E-state index < -0.39 is 30.7 Å². The van der Waals surface area contributed by atoms with Gasteiger partial charge in [0.25, 0.3) is 0 Å². The molecule has 2 N–H and O–H groups in total. The maximum Gasteiger partial charge on any atom is 0.403 e. The fourth-order valence-corrected chi connectivity index (χ4v) is 1.78. The minimum absolute atomic E-state index is 0.111. The summed E-state index contributed by atoms with van der Waals surface area (Å²) >= 11 is 0. The van der Waals surface area contributed by atoms with Crippen molar-refractivity contribution in [2.24, 2.45) is 5.92 Å². The molecule has 0 spiro atoms. The van der Waals surface area contributed by atoms with E-state index in [1.165, 1.54) is 4.90 Å². The van der Waals surface area contributed by atoms with Crippen LogP contribution in [0, 0.1) is 5.92 Å². The molecule has 1 rings (SSSR count). The monoisotopic (exact) mass is 241 g/mol. The number of carbonyl (C=O) groups is 1. The summed E-state index contributed by atoms with van der Waals surface area (Å²) < 4.78 is 37.1. The highest BCUT2D eigenvalue weighted by molar-refractivity contribution is 5.71. The Hall–Kier alpha value is -0.820. The molecule has 0 radical (unpaired) electrons. The molecule has 0 aromatic carbocycles. The van der Waals surface area contributed by atoms with Crippen molar-refractivity contribution in [2.45, 2.75) is 25.1 Å². The molecule has 94 valence electrons. The average Bonchev–Trinajstić information content (AvgIpc) is 2.12. The number of aliphatic hydroxyl groups is 1. The summed E-state index contributed by atoms with van der Waals surface area (Å²) in [4.78, 5) is 11.8. The normalized spacial score (nSPS) is 25.4. The first kappa shape index (κ1) is 13.2. The number of carboxylic acid groups (broad SMARTS) is 1. The summed E-state index contributed by atoms with van der Waals surface area (Å²) in [6, 6.07) is 0. The standard InChI is InChI=1S/C9H14F3NO3/c10-9(11,12)7(8(15)16)5-13-3-1-2-6(14)4-13/h6-7,14H,1-5H2,(H,15,16). The largest absolute Gasteiger partial charge is 0.481 e. The van der Waals surface area contributed by atoms with E-state index in [1.54, 1.807) is 0 Å². The van der Waals surface area contributed by atoms with Crippen molar-refractivity contribution >= 4 is 5.97 Å². The molecule has 0 aliphatic carbocycles. The molecule has 4 nitrogen and oxygen atoms in total. The zero-order chi connectivity index (χ0) is 12.3. The predicted molar refractivity (Wildman–Crippen MR) is 48.9 cm³/mol. The number of halogens is 3. The minimum atomic E-state index is -4.74. The van der Waals surface area contributed by atoms with Crippen molar-refractivity contribution in [2.75, 3.05) is 19.6 Å². The van der Waals surface area contributed by atoms with Crippen molar-refractivity contribution in [1.82, 2.24) is 4.90 Å². The van der Waals surface area contributed by atoms with Crippen LogP contribution in [0.2, 0.25) is 0 Å². The fraction of sp³-hybridized carbons (Fsp3) is 0.889. The second-order valence-corrected chi connectivity index (χ2v) is 3.99. The van der Waals surface area contributed by atoms with Crippen molar-refractivity contribution in [3.8, 4) is 0 Å². The number of piperidine rings is 1. The Labute approximate surface area is 90.7 Å². The number of rotatable bonds is 3. The third-order valence-corrected chi connectivity index (χ3v) is 2.61. The molecule has 2 unspecified atom stereocenters. The molecule has 7 heteroatoms. The molecule has 1 aliphatic heterocycles. The fourth-order valence-electron chi connectivity index (χ4n) is 1.78. The van der Waals surface area contributed by atoms with Gasteiger partial charge in [0, 0.05) is 13.1 Å². The van der Waals surface area contributed by atoms with Crippen molar-refractivity contribution < 1.29 is 28.2 Å². The Balaban J connectivity index is 2.58. The van der Waals surface area contributed by atoms with Gasteiger partial charge in [-0.15, -0.1) is 0 Å². The second kappa shape index (κ2) is 5.01. The van der Waals surface area contributed by atoms with Crippen LogP contribution in [0.4, 0.5) is 13.2 Å². The Kier molecular flexibility index (Phi) is 4.15. The number of nitrogens with zero attached hydrogens (tertiary/aromatic N) is 1. The van der Waals surface area contributed by atoms with Crippen LogP contribution in [0.5, 0.6) is 0 Å². The van der Waals surface area contributed by atoms with Gasteiger partial charge in [-0.2, -0.15) is 13.2 Å². The van der Waals surface area contributed by atoms with Crippen LogP contribution in [-0.4, -0.2) is 53.0 Å². The lowest BCUT2D eigenvalue weighted by atomic mass is 10.0. The van der Waals surface area contributed by atoms with Crippen LogP contribution >= 0.6 is 0 Å². The molecule has 1 saturated heterocycles. The molecule has 0 aromatic rings. The van der Waals surface area contributed by atoms with E-state index in [1.807, 2.05) is 0 Å². The Bertz CT molecular complexity index is 257. The van der Waals surface area contributed by atoms with Gasteiger partial charge in [-0.25, -0.2) is 0 Å². The number of hydrogen-bond acceptors (Lipinski definition) is 3. The van der Waals surface area contributed by atoms with Crippen molar-refractivity contribution in [1.29, 1.82) is 0 Å². The molecule has 1 aliphatic rings. The summed E-state index contributed by atoms with van der Waals surface area (Å²) in [6.45, 7) is -0.0767. The number of aliphatic hydroxyl groups excluding tert-OH is 1.